The summed E-state index contributed by atoms with van der Waals surface area (Å²) in [4.78, 5) is 13.0. The Morgan fingerprint density at radius 1 is 1.04 bits per heavy atom. The molecule has 0 aromatic heterocycles. The third kappa shape index (κ3) is 3.74. The van der Waals surface area contributed by atoms with Gasteiger partial charge in [0.05, 0.1) is 5.41 Å². The van der Waals surface area contributed by atoms with Gasteiger partial charge in [-0.2, -0.15) is 26.3 Å². The van der Waals surface area contributed by atoms with Gasteiger partial charge < -0.3 is 15.4 Å². The van der Waals surface area contributed by atoms with E-state index in [1.807, 2.05) is 6.92 Å². The van der Waals surface area contributed by atoms with Crippen LogP contribution >= 0.6 is 0 Å². The summed E-state index contributed by atoms with van der Waals surface area (Å²) in [7, 11) is 0. The van der Waals surface area contributed by atoms with E-state index in [9.17, 15) is 31.1 Å². The molecule has 1 amide bonds. The molecule has 0 radical (unpaired) electrons. The number of ether oxygens (including phenoxy) is 1. The molecule has 1 atom stereocenters. The summed E-state index contributed by atoms with van der Waals surface area (Å²) in [6.45, 7) is 3.45. The van der Waals surface area contributed by atoms with Crippen LogP contribution in [0.15, 0.2) is 0 Å². The maximum absolute atomic E-state index is 13.6. The monoisotopic (exact) mass is 416 g/mol. The molecule has 2 aliphatic heterocycles. The summed E-state index contributed by atoms with van der Waals surface area (Å²) in [5, 5.41) is 5.43. The first-order chi connectivity index (χ1) is 12.9. The number of hydrogen-bond acceptors (Lipinski definition) is 3. The Hall–Kier alpha value is -1.03. The Morgan fingerprint density at radius 2 is 1.57 bits per heavy atom. The zero-order chi connectivity index (χ0) is 20.8. The number of hydrogen-bond donors (Lipinski definition) is 2. The quantitative estimate of drug-likeness (QED) is 0.691. The fourth-order valence-corrected chi connectivity index (χ4v) is 5.11. The standard InChI is InChI=1S/C18H26F6N2O2/c1-14(4-8-28-9-5-14)11-26-13(27)16(10-15(16)2-6-25-7-3-15)12(17(19,20)21)18(22,23)24/h12,25H,2-11H2,1H3,(H,26,27)/t16-/m0/s1. The minimum absolute atomic E-state index is 0.0493. The number of nitrogens with one attached hydrogen (secondary N) is 2. The molecule has 3 aliphatic rings. The first kappa shape index (κ1) is 21.7. The molecule has 28 heavy (non-hydrogen) atoms. The van der Waals surface area contributed by atoms with Crippen LogP contribution in [0.1, 0.15) is 39.0 Å². The van der Waals surface area contributed by atoms with Gasteiger partial charge in [-0.1, -0.05) is 6.92 Å². The smallest absolute Gasteiger partial charge is 0.381 e. The molecule has 1 spiro atoms. The molecule has 3 rings (SSSR count). The highest BCUT2D eigenvalue weighted by molar-refractivity contribution is 5.88. The summed E-state index contributed by atoms with van der Waals surface area (Å²) < 4.78 is 86.8. The summed E-state index contributed by atoms with van der Waals surface area (Å²) in [6.07, 6.45) is -9.99. The van der Waals surface area contributed by atoms with Gasteiger partial charge in [0, 0.05) is 19.8 Å². The van der Waals surface area contributed by atoms with Gasteiger partial charge in [-0.25, -0.2) is 0 Å². The molecule has 0 unspecified atom stereocenters. The predicted molar refractivity (Wildman–Crippen MR) is 88.4 cm³/mol. The largest absolute Gasteiger partial charge is 0.401 e. The fourth-order valence-electron chi connectivity index (χ4n) is 5.11. The van der Waals surface area contributed by atoms with Crippen LogP contribution in [0.2, 0.25) is 0 Å². The molecule has 0 aromatic carbocycles. The lowest BCUT2D eigenvalue weighted by atomic mass is 9.75. The third-order valence-electron chi connectivity index (χ3n) is 6.93. The zero-order valence-corrected chi connectivity index (χ0v) is 15.7. The van der Waals surface area contributed by atoms with Crippen molar-refractivity contribution in [3.8, 4) is 0 Å². The summed E-state index contributed by atoms with van der Waals surface area (Å²) in [5.41, 5.74) is -4.13. The van der Waals surface area contributed by atoms with E-state index in [-0.39, 0.29) is 25.8 Å². The number of carbonyl (C=O) groups excluding carboxylic acids is 1. The molecule has 3 fully saturated rings. The lowest BCUT2D eigenvalue weighted by Gasteiger charge is -2.38. The Kier molecular flexibility index (Phi) is 5.45. The molecular formula is C18H26F6N2O2. The van der Waals surface area contributed by atoms with E-state index >= 15 is 0 Å². The summed E-state index contributed by atoms with van der Waals surface area (Å²) >= 11 is 0. The highest BCUT2D eigenvalue weighted by Gasteiger charge is 2.83. The molecule has 1 saturated carbocycles. The second kappa shape index (κ2) is 7.04. The lowest BCUT2D eigenvalue weighted by molar-refractivity contribution is -0.304. The summed E-state index contributed by atoms with van der Waals surface area (Å²) in [5.74, 6) is -4.75. The van der Waals surface area contributed by atoms with Gasteiger partial charge in [0.25, 0.3) is 0 Å². The van der Waals surface area contributed by atoms with Crippen molar-refractivity contribution in [2.24, 2.45) is 22.2 Å². The molecule has 2 saturated heterocycles. The highest BCUT2D eigenvalue weighted by Crippen LogP contribution is 2.76. The minimum atomic E-state index is -5.54. The second-order valence-electron chi connectivity index (χ2n) is 8.80. The molecule has 162 valence electrons. The van der Waals surface area contributed by atoms with Crippen LogP contribution in [0.4, 0.5) is 26.3 Å². The third-order valence-corrected chi connectivity index (χ3v) is 6.93. The van der Waals surface area contributed by atoms with E-state index in [0.29, 0.717) is 39.1 Å². The molecule has 0 aromatic rings. The number of piperidine rings is 1. The van der Waals surface area contributed by atoms with E-state index in [1.165, 1.54) is 0 Å². The van der Waals surface area contributed by atoms with Crippen molar-refractivity contribution in [1.29, 1.82) is 0 Å². The SMILES string of the molecule is CC1(CNC(=O)[C@@]2(C(C(F)(F)F)C(F)(F)F)CC23CCNCC3)CCOCC1. The maximum atomic E-state index is 13.6. The molecule has 1 aliphatic carbocycles. The first-order valence-electron chi connectivity index (χ1n) is 9.57. The van der Waals surface area contributed by atoms with Crippen molar-refractivity contribution < 1.29 is 35.9 Å². The van der Waals surface area contributed by atoms with Crippen molar-refractivity contribution >= 4 is 5.91 Å². The van der Waals surface area contributed by atoms with Gasteiger partial charge in [0.1, 0.15) is 0 Å². The average molecular weight is 416 g/mol. The first-order valence-corrected chi connectivity index (χ1v) is 9.57. The van der Waals surface area contributed by atoms with Gasteiger partial charge in [-0.05, 0) is 56.0 Å². The highest BCUT2D eigenvalue weighted by atomic mass is 19.4. The molecular weight excluding hydrogens is 390 g/mol. The topological polar surface area (TPSA) is 50.4 Å². The van der Waals surface area contributed by atoms with E-state index in [1.54, 1.807) is 0 Å². The van der Waals surface area contributed by atoms with Crippen molar-refractivity contribution in [3.05, 3.63) is 0 Å². The number of amides is 1. The average Bonchev–Trinajstić information content (AvgIpc) is 3.18. The number of alkyl halides is 6. The van der Waals surface area contributed by atoms with Crippen molar-refractivity contribution in [3.63, 3.8) is 0 Å². The predicted octanol–water partition coefficient (Wildman–Crippen LogP) is 3.42. The Morgan fingerprint density at radius 3 is 2.07 bits per heavy atom. The fraction of sp³-hybridized carbons (Fsp3) is 0.944. The van der Waals surface area contributed by atoms with Crippen LogP contribution in [-0.2, 0) is 9.53 Å². The van der Waals surface area contributed by atoms with Crippen LogP contribution < -0.4 is 10.6 Å². The Labute approximate surface area is 159 Å². The number of rotatable bonds is 4. The van der Waals surface area contributed by atoms with Gasteiger partial charge in [-0.3, -0.25) is 4.79 Å². The maximum Gasteiger partial charge on any atom is 0.401 e. The zero-order valence-electron chi connectivity index (χ0n) is 15.7. The molecule has 0 bridgehead atoms. The van der Waals surface area contributed by atoms with E-state index < -0.39 is 40.4 Å². The summed E-state index contributed by atoms with van der Waals surface area (Å²) in [6, 6.07) is 0. The van der Waals surface area contributed by atoms with E-state index in [0.717, 1.165) is 0 Å². The van der Waals surface area contributed by atoms with Gasteiger partial charge in [-0.15, -0.1) is 0 Å². The normalized spacial score (nSPS) is 29.7. The van der Waals surface area contributed by atoms with Crippen molar-refractivity contribution in [1.82, 2.24) is 10.6 Å². The van der Waals surface area contributed by atoms with Gasteiger partial charge in [0.2, 0.25) is 5.91 Å². The molecule has 2 heterocycles. The van der Waals surface area contributed by atoms with Crippen LogP contribution in [0.5, 0.6) is 0 Å². The molecule has 10 heteroatoms. The van der Waals surface area contributed by atoms with Gasteiger partial charge in [0.15, 0.2) is 5.92 Å². The number of halogens is 6. The lowest BCUT2D eigenvalue weighted by Crippen LogP contribution is -2.54. The van der Waals surface area contributed by atoms with Gasteiger partial charge >= 0.3 is 12.4 Å². The molecule has 4 nitrogen and oxygen atoms in total. The Balaban J connectivity index is 1.88. The van der Waals surface area contributed by atoms with Crippen LogP contribution in [0.3, 0.4) is 0 Å². The van der Waals surface area contributed by atoms with Crippen LogP contribution in [0, 0.1) is 22.2 Å². The van der Waals surface area contributed by atoms with E-state index in [2.05, 4.69) is 10.6 Å². The van der Waals surface area contributed by atoms with Crippen LogP contribution in [-0.4, -0.2) is 51.1 Å². The second-order valence-corrected chi connectivity index (χ2v) is 8.80. The van der Waals surface area contributed by atoms with Crippen molar-refractivity contribution in [2.75, 3.05) is 32.8 Å². The number of carbonyl (C=O) groups is 1. The minimum Gasteiger partial charge on any atom is -0.381 e. The molecule has 2 N–H and O–H groups in total. The Bertz CT molecular complexity index is 580. The van der Waals surface area contributed by atoms with Crippen LogP contribution in [0.25, 0.3) is 0 Å². The van der Waals surface area contributed by atoms with Crippen molar-refractivity contribution in [2.45, 2.75) is 51.4 Å². The van der Waals surface area contributed by atoms with E-state index in [4.69, 9.17) is 4.74 Å².